The molecule has 1 heterocycles. The predicted octanol–water partition coefficient (Wildman–Crippen LogP) is 2.67. The molecule has 7 heteroatoms. The van der Waals surface area contributed by atoms with Crippen molar-refractivity contribution in [3.8, 4) is 0 Å². The molecule has 0 saturated carbocycles. The first kappa shape index (κ1) is 14.9. The number of aryl methyl sites for hydroxylation is 1. The SMILES string of the molecule is CCC(NC)C(C)c1nc(CCC(F)(F)F)no1. The van der Waals surface area contributed by atoms with Gasteiger partial charge in [0.05, 0.1) is 12.3 Å². The predicted molar refractivity (Wildman–Crippen MR) is 60.2 cm³/mol. The lowest BCUT2D eigenvalue weighted by Crippen LogP contribution is -2.30. The van der Waals surface area contributed by atoms with E-state index >= 15 is 0 Å². The number of hydrogen-bond acceptors (Lipinski definition) is 4. The average Bonchev–Trinajstić information content (AvgIpc) is 2.75. The van der Waals surface area contributed by atoms with Crippen LogP contribution in [0, 0.1) is 0 Å². The highest BCUT2D eigenvalue weighted by Gasteiger charge is 2.28. The lowest BCUT2D eigenvalue weighted by atomic mass is 10.00. The summed E-state index contributed by atoms with van der Waals surface area (Å²) in [6.45, 7) is 3.92. The van der Waals surface area contributed by atoms with Crippen molar-refractivity contribution in [3.63, 3.8) is 0 Å². The van der Waals surface area contributed by atoms with Crippen LogP contribution < -0.4 is 5.32 Å². The molecule has 2 atom stereocenters. The molecular formula is C11H18F3N3O. The van der Waals surface area contributed by atoms with Gasteiger partial charge in [0.25, 0.3) is 0 Å². The van der Waals surface area contributed by atoms with Crippen LogP contribution in [0.25, 0.3) is 0 Å². The minimum Gasteiger partial charge on any atom is -0.339 e. The highest BCUT2D eigenvalue weighted by molar-refractivity contribution is 4.97. The molecule has 0 radical (unpaired) electrons. The second kappa shape index (κ2) is 6.17. The second-order valence-electron chi connectivity index (χ2n) is 4.26. The van der Waals surface area contributed by atoms with Gasteiger partial charge in [-0.3, -0.25) is 0 Å². The van der Waals surface area contributed by atoms with Gasteiger partial charge >= 0.3 is 6.18 Å². The van der Waals surface area contributed by atoms with Crippen molar-refractivity contribution < 1.29 is 17.7 Å². The fraction of sp³-hybridized carbons (Fsp3) is 0.818. The molecule has 18 heavy (non-hydrogen) atoms. The molecule has 1 aromatic heterocycles. The van der Waals surface area contributed by atoms with E-state index in [9.17, 15) is 13.2 Å². The van der Waals surface area contributed by atoms with Gasteiger partial charge in [-0.05, 0) is 13.5 Å². The molecular weight excluding hydrogens is 247 g/mol. The van der Waals surface area contributed by atoms with Crippen molar-refractivity contribution in [1.82, 2.24) is 15.5 Å². The lowest BCUT2D eigenvalue weighted by molar-refractivity contribution is -0.134. The maximum atomic E-state index is 12.0. The third kappa shape index (κ3) is 4.29. The van der Waals surface area contributed by atoms with Crippen LogP contribution in [0.3, 0.4) is 0 Å². The fourth-order valence-electron chi connectivity index (χ4n) is 1.79. The van der Waals surface area contributed by atoms with Gasteiger partial charge in [-0.25, -0.2) is 0 Å². The van der Waals surface area contributed by atoms with E-state index in [1.54, 1.807) is 0 Å². The fourth-order valence-corrected chi connectivity index (χ4v) is 1.79. The lowest BCUT2D eigenvalue weighted by Gasteiger charge is -2.18. The summed E-state index contributed by atoms with van der Waals surface area (Å²) >= 11 is 0. The van der Waals surface area contributed by atoms with Gasteiger partial charge in [0, 0.05) is 12.5 Å². The molecule has 0 fully saturated rings. The Morgan fingerprint density at radius 1 is 1.39 bits per heavy atom. The monoisotopic (exact) mass is 265 g/mol. The molecule has 0 aliphatic carbocycles. The van der Waals surface area contributed by atoms with Gasteiger partial charge in [-0.15, -0.1) is 0 Å². The summed E-state index contributed by atoms with van der Waals surface area (Å²) in [6.07, 6.45) is -4.49. The first-order valence-electron chi connectivity index (χ1n) is 5.93. The molecule has 1 rings (SSSR count). The second-order valence-corrected chi connectivity index (χ2v) is 4.26. The number of halogens is 3. The van der Waals surface area contributed by atoms with Crippen LogP contribution >= 0.6 is 0 Å². The van der Waals surface area contributed by atoms with Crippen molar-refractivity contribution in [2.24, 2.45) is 0 Å². The van der Waals surface area contributed by atoms with Crippen molar-refractivity contribution in [3.05, 3.63) is 11.7 Å². The van der Waals surface area contributed by atoms with Gasteiger partial charge in [-0.2, -0.15) is 18.2 Å². The van der Waals surface area contributed by atoms with Crippen LogP contribution in [0.4, 0.5) is 13.2 Å². The van der Waals surface area contributed by atoms with Crippen molar-refractivity contribution in [1.29, 1.82) is 0 Å². The van der Waals surface area contributed by atoms with Crippen LogP contribution in [0.15, 0.2) is 4.52 Å². The summed E-state index contributed by atoms with van der Waals surface area (Å²) in [5.41, 5.74) is 0. The summed E-state index contributed by atoms with van der Waals surface area (Å²) in [4.78, 5) is 4.01. The zero-order chi connectivity index (χ0) is 13.8. The van der Waals surface area contributed by atoms with E-state index in [0.717, 1.165) is 6.42 Å². The number of likely N-dealkylation sites (N-methyl/N-ethyl adjacent to an activating group) is 1. The Balaban J connectivity index is 2.62. The Kier molecular flexibility index (Phi) is 5.13. The van der Waals surface area contributed by atoms with Gasteiger partial charge < -0.3 is 9.84 Å². The summed E-state index contributed by atoms with van der Waals surface area (Å²) in [6, 6.07) is 0.168. The van der Waals surface area contributed by atoms with Gasteiger partial charge in [0.2, 0.25) is 5.89 Å². The summed E-state index contributed by atoms with van der Waals surface area (Å²) in [7, 11) is 1.82. The normalized spacial score (nSPS) is 15.7. The van der Waals surface area contributed by atoms with E-state index in [-0.39, 0.29) is 24.2 Å². The molecule has 0 aliphatic rings. The Labute approximate surface area is 104 Å². The van der Waals surface area contributed by atoms with Crippen LogP contribution in [0.2, 0.25) is 0 Å². The first-order chi connectivity index (χ1) is 8.37. The van der Waals surface area contributed by atoms with E-state index in [1.807, 2.05) is 20.9 Å². The Hall–Kier alpha value is -1.11. The molecule has 0 aliphatic heterocycles. The first-order valence-corrected chi connectivity index (χ1v) is 5.93. The summed E-state index contributed by atoms with van der Waals surface area (Å²) in [5.74, 6) is 0.473. The third-order valence-corrected chi connectivity index (χ3v) is 2.92. The molecule has 0 amide bonds. The zero-order valence-corrected chi connectivity index (χ0v) is 10.7. The standard InChI is InChI=1S/C11H18F3N3O/c1-4-8(15-3)7(2)10-16-9(17-18-10)5-6-11(12,13)14/h7-8,15H,4-6H2,1-3H3. The third-order valence-electron chi connectivity index (χ3n) is 2.92. The molecule has 1 aromatic rings. The topological polar surface area (TPSA) is 51.0 Å². The van der Waals surface area contributed by atoms with Gasteiger partial charge in [0.1, 0.15) is 0 Å². The van der Waals surface area contributed by atoms with Crippen LogP contribution in [-0.4, -0.2) is 29.4 Å². The highest BCUT2D eigenvalue weighted by atomic mass is 19.4. The average molecular weight is 265 g/mol. The Bertz CT molecular complexity index is 361. The largest absolute Gasteiger partial charge is 0.389 e. The minimum atomic E-state index is -4.19. The van der Waals surface area contributed by atoms with E-state index in [4.69, 9.17) is 4.52 Å². The number of nitrogens with zero attached hydrogens (tertiary/aromatic N) is 2. The smallest absolute Gasteiger partial charge is 0.339 e. The van der Waals surface area contributed by atoms with E-state index in [0.29, 0.717) is 5.89 Å². The molecule has 4 nitrogen and oxygen atoms in total. The minimum absolute atomic E-state index is 0.0212. The Morgan fingerprint density at radius 2 is 2.06 bits per heavy atom. The molecule has 0 bridgehead atoms. The van der Waals surface area contributed by atoms with E-state index in [1.165, 1.54) is 0 Å². The molecule has 0 aromatic carbocycles. The molecule has 0 spiro atoms. The quantitative estimate of drug-likeness (QED) is 0.859. The number of alkyl halides is 3. The number of hydrogen-bond donors (Lipinski definition) is 1. The number of rotatable bonds is 6. The van der Waals surface area contributed by atoms with Crippen LogP contribution in [0.1, 0.15) is 44.3 Å². The van der Waals surface area contributed by atoms with Gasteiger partial charge in [0.15, 0.2) is 5.82 Å². The van der Waals surface area contributed by atoms with Crippen LogP contribution in [-0.2, 0) is 6.42 Å². The van der Waals surface area contributed by atoms with Crippen molar-refractivity contribution in [2.45, 2.75) is 51.2 Å². The van der Waals surface area contributed by atoms with E-state index in [2.05, 4.69) is 15.5 Å². The maximum Gasteiger partial charge on any atom is 0.389 e. The zero-order valence-electron chi connectivity index (χ0n) is 10.7. The summed E-state index contributed by atoms with van der Waals surface area (Å²) < 4.78 is 41.2. The van der Waals surface area contributed by atoms with Crippen molar-refractivity contribution >= 4 is 0 Å². The van der Waals surface area contributed by atoms with Gasteiger partial charge in [-0.1, -0.05) is 19.0 Å². The number of nitrogens with one attached hydrogen (secondary N) is 1. The summed E-state index contributed by atoms with van der Waals surface area (Å²) in [5, 5.41) is 6.69. The number of aromatic nitrogens is 2. The highest BCUT2D eigenvalue weighted by Crippen LogP contribution is 2.23. The molecule has 104 valence electrons. The Morgan fingerprint density at radius 3 is 2.56 bits per heavy atom. The maximum absolute atomic E-state index is 12.0. The molecule has 2 unspecified atom stereocenters. The van der Waals surface area contributed by atoms with Crippen molar-refractivity contribution in [2.75, 3.05) is 7.05 Å². The van der Waals surface area contributed by atoms with E-state index < -0.39 is 12.6 Å². The molecule has 1 N–H and O–H groups in total. The molecule has 0 saturated heterocycles. The van der Waals surface area contributed by atoms with Crippen LogP contribution in [0.5, 0.6) is 0 Å².